The van der Waals surface area contributed by atoms with Gasteiger partial charge in [-0.15, -0.1) is 5.10 Å². The molecule has 3 aromatic carbocycles. The molecule has 2 heterocycles. The number of hydrogen-bond acceptors (Lipinski definition) is 7. The molecule has 4 aromatic rings. The van der Waals surface area contributed by atoms with Crippen LogP contribution < -0.4 is 18.9 Å². The van der Waals surface area contributed by atoms with Crippen molar-refractivity contribution < 1.29 is 18.9 Å². The molecule has 2 unspecified atom stereocenters. The second-order valence-corrected chi connectivity index (χ2v) is 8.27. The first-order chi connectivity index (χ1) is 17.6. The van der Waals surface area contributed by atoms with Crippen molar-refractivity contribution in [3.05, 3.63) is 89.5 Å². The Morgan fingerprint density at radius 3 is 2.56 bits per heavy atom. The lowest BCUT2D eigenvalue weighted by molar-refractivity contribution is 0.294. The number of nitrogens with zero attached hydrogens (tertiary/aromatic N) is 2. The van der Waals surface area contributed by atoms with E-state index in [-0.39, 0.29) is 12.5 Å². The van der Waals surface area contributed by atoms with Crippen molar-refractivity contribution in [3.63, 3.8) is 0 Å². The number of methoxy groups -OCH3 is 2. The van der Waals surface area contributed by atoms with Gasteiger partial charge < -0.3 is 18.9 Å². The van der Waals surface area contributed by atoms with E-state index < -0.39 is 11.8 Å². The van der Waals surface area contributed by atoms with Gasteiger partial charge in [0.1, 0.15) is 29.8 Å². The monoisotopic (exact) mass is 480 g/mol. The van der Waals surface area contributed by atoms with E-state index in [9.17, 15) is 5.26 Å². The number of aromatic amines is 1. The zero-order valence-corrected chi connectivity index (χ0v) is 19.8. The number of benzene rings is 3. The Morgan fingerprint density at radius 2 is 1.81 bits per heavy atom. The third kappa shape index (κ3) is 4.23. The molecule has 8 heteroatoms. The van der Waals surface area contributed by atoms with Crippen LogP contribution in [0.2, 0.25) is 0 Å². The van der Waals surface area contributed by atoms with Gasteiger partial charge in [0.2, 0.25) is 11.8 Å². The molecular weight excluding hydrogens is 456 g/mol. The van der Waals surface area contributed by atoms with Crippen LogP contribution >= 0.6 is 0 Å². The first kappa shape index (κ1) is 23.0. The lowest BCUT2D eigenvalue weighted by atomic mass is 9.78. The molecule has 2 atom stereocenters. The second-order valence-electron chi connectivity index (χ2n) is 8.27. The minimum Gasteiger partial charge on any atom is -0.497 e. The fourth-order valence-electron chi connectivity index (χ4n) is 4.46. The van der Waals surface area contributed by atoms with Crippen molar-refractivity contribution in [3.8, 4) is 40.5 Å². The highest BCUT2D eigenvalue weighted by Gasteiger charge is 2.41. The summed E-state index contributed by atoms with van der Waals surface area (Å²) in [5.74, 6) is 0.902. The van der Waals surface area contributed by atoms with E-state index in [1.165, 1.54) is 0 Å². The van der Waals surface area contributed by atoms with Gasteiger partial charge in [-0.3, -0.25) is 10.5 Å². The average molecular weight is 481 g/mol. The molecule has 180 valence electrons. The lowest BCUT2D eigenvalue weighted by Gasteiger charge is -2.28. The van der Waals surface area contributed by atoms with Gasteiger partial charge in [-0.05, 0) is 35.4 Å². The van der Waals surface area contributed by atoms with Crippen molar-refractivity contribution in [2.24, 2.45) is 5.92 Å². The van der Waals surface area contributed by atoms with Gasteiger partial charge in [-0.2, -0.15) is 5.26 Å². The number of nitriles is 1. The first-order valence-electron chi connectivity index (χ1n) is 11.4. The summed E-state index contributed by atoms with van der Waals surface area (Å²) in [6.45, 7) is 0.242. The van der Waals surface area contributed by atoms with E-state index >= 15 is 0 Å². The molecule has 8 nitrogen and oxygen atoms in total. The maximum absolute atomic E-state index is 10.0. The predicted octanol–water partition coefficient (Wildman–Crippen LogP) is 5.31. The van der Waals surface area contributed by atoms with Crippen LogP contribution in [0, 0.1) is 22.7 Å². The van der Waals surface area contributed by atoms with Crippen molar-refractivity contribution in [1.82, 2.24) is 10.2 Å². The molecule has 1 aliphatic rings. The Labute approximate surface area is 208 Å². The topological polar surface area (TPSA) is 113 Å². The quantitative estimate of drug-likeness (QED) is 0.370. The summed E-state index contributed by atoms with van der Waals surface area (Å²) in [5, 5.41) is 25.8. The maximum atomic E-state index is 10.0. The molecule has 1 aliphatic heterocycles. The lowest BCUT2D eigenvalue weighted by Crippen LogP contribution is -2.31. The van der Waals surface area contributed by atoms with Crippen LogP contribution in [-0.4, -0.2) is 30.3 Å². The van der Waals surface area contributed by atoms with Gasteiger partial charge in [0.05, 0.1) is 31.5 Å². The van der Waals surface area contributed by atoms with E-state index in [1.54, 1.807) is 14.2 Å². The molecule has 0 fully saturated rings. The second kappa shape index (κ2) is 9.84. The van der Waals surface area contributed by atoms with Crippen LogP contribution in [0.1, 0.15) is 22.6 Å². The van der Waals surface area contributed by atoms with E-state index in [2.05, 4.69) is 16.3 Å². The molecule has 2 N–H and O–H groups in total. The Morgan fingerprint density at radius 1 is 1.00 bits per heavy atom. The molecule has 0 radical (unpaired) electrons. The normalized spacial score (nSPS) is 16.4. The third-order valence-corrected chi connectivity index (χ3v) is 6.20. The van der Waals surface area contributed by atoms with Crippen molar-refractivity contribution in [2.75, 3.05) is 14.2 Å². The summed E-state index contributed by atoms with van der Waals surface area (Å²) in [4.78, 5) is 0. The molecule has 0 bridgehead atoms. The van der Waals surface area contributed by atoms with Crippen LogP contribution in [0.25, 0.3) is 11.3 Å². The van der Waals surface area contributed by atoms with E-state index in [4.69, 9.17) is 24.4 Å². The Balaban J connectivity index is 1.56. The zero-order valence-electron chi connectivity index (χ0n) is 19.8. The highest BCUT2D eigenvalue weighted by atomic mass is 16.5. The Kier molecular flexibility index (Phi) is 6.29. The minimum atomic E-state index is -0.821. The van der Waals surface area contributed by atoms with Gasteiger partial charge in [0, 0.05) is 17.5 Å². The van der Waals surface area contributed by atoms with Crippen molar-refractivity contribution >= 4 is 5.90 Å². The number of rotatable bonds is 7. The highest BCUT2D eigenvalue weighted by Crippen LogP contribution is 2.46. The summed E-state index contributed by atoms with van der Waals surface area (Å²) in [5.41, 5.74) is 4.06. The molecule has 0 aliphatic carbocycles. The summed E-state index contributed by atoms with van der Waals surface area (Å²) in [7, 11) is 3.21. The largest absolute Gasteiger partial charge is 0.497 e. The first-order valence-corrected chi connectivity index (χ1v) is 11.4. The fraction of sp³-hybridized carbons (Fsp3) is 0.179. The Bertz CT molecular complexity index is 1440. The molecule has 0 amide bonds. The number of nitrogens with one attached hydrogen (secondary N) is 2. The fourth-order valence-corrected chi connectivity index (χ4v) is 4.46. The van der Waals surface area contributed by atoms with Crippen LogP contribution in [0.5, 0.6) is 23.1 Å². The zero-order chi connectivity index (χ0) is 25.1. The molecule has 1 aromatic heterocycles. The Hall–Kier alpha value is -4.77. The SMILES string of the molecule is COc1cccc(OCc2cc(C3c4c(n[nH]c4-c4ccccc4)OC(=N)C3C#N)ccc2OC)c1. The van der Waals surface area contributed by atoms with Gasteiger partial charge >= 0.3 is 0 Å². The van der Waals surface area contributed by atoms with Gasteiger partial charge in [-0.1, -0.05) is 42.5 Å². The molecule has 0 saturated carbocycles. The van der Waals surface area contributed by atoms with Crippen LogP contribution in [-0.2, 0) is 6.61 Å². The van der Waals surface area contributed by atoms with Gasteiger partial charge in [0.15, 0.2) is 0 Å². The smallest absolute Gasteiger partial charge is 0.244 e. The standard InChI is InChI=1S/C28H24N4O4/c1-33-20-9-6-10-21(14-20)35-16-19-13-18(11-12-23(19)34-2)24-22(15-29)27(30)36-28-25(24)26(31-32-28)17-7-4-3-5-8-17/h3-14,22,24,30H,16H2,1-2H3,(H,31,32). The van der Waals surface area contributed by atoms with Crippen LogP contribution in [0.4, 0.5) is 0 Å². The maximum Gasteiger partial charge on any atom is 0.244 e. The van der Waals surface area contributed by atoms with E-state index in [1.807, 2.05) is 72.8 Å². The average Bonchev–Trinajstić information content (AvgIpc) is 3.34. The van der Waals surface area contributed by atoms with Gasteiger partial charge in [0.25, 0.3) is 0 Å². The van der Waals surface area contributed by atoms with E-state index in [0.29, 0.717) is 23.1 Å². The number of aromatic nitrogens is 2. The molecular formula is C28H24N4O4. The predicted molar refractivity (Wildman–Crippen MR) is 134 cm³/mol. The van der Waals surface area contributed by atoms with Crippen molar-refractivity contribution in [1.29, 1.82) is 10.7 Å². The highest BCUT2D eigenvalue weighted by molar-refractivity contribution is 5.86. The van der Waals surface area contributed by atoms with Gasteiger partial charge in [-0.25, -0.2) is 0 Å². The molecule has 36 heavy (non-hydrogen) atoms. The molecule has 5 rings (SSSR count). The molecule has 0 spiro atoms. The van der Waals surface area contributed by atoms with Crippen LogP contribution in [0.15, 0.2) is 72.8 Å². The summed E-state index contributed by atoms with van der Waals surface area (Å²) in [6, 6.07) is 25.1. The van der Waals surface area contributed by atoms with E-state index in [0.717, 1.165) is 27.9 Å². The summed E-state index contributed by atoms with van der Waals surface area (Å²) in [6.07, 6.45) is 0. The van der Waals surface area contributed by atoms with Crippen LogP contribution in [0.3, 0.4) is 0 Å². The van der Waals surface area contributed by atoms with Crippen molar-refractivity contribution in [2.45, 2.75) is 12.5 Å². The number of H-pyrrole nitrogens is 1. The molecule has 0 saturated heterocycles. The number of ether oxygens (including phenoxy) is 4. The number of hydrogen-bond donors (Lipinski definition) is 2. The summed E-state index contributed by atoms with van der Waals surface area (Å²) >= 11 is 0. The summed E-state index contributed by atoms with van der Waals surface area (Å²) < 4.78 is 22.5. The third-order valence-electron chi connectivity index (χ3n) is 6.20. The number of fused-ring (bicyclic) bond motifs is 1. The minimum absolute atomic E-state index is 0.133.